The summed E-state index contributed by atoms with van der Waals surface area (Å²) in [5.74, 6) is -1.12. The molecule has 0 bridgehead atoms. The van der Waals surface area contributed by atoms with E-state index in [4.69, 9.17) is 5.11 Å². The van der Waals surface area contributed by atoms with Crippen LogP contribution in [0.3, 0.4) is 0 Å². The highest BCUT2D eigenvalue weighted by Gasteiger charge is 2.26. The van der Waals surface area contributed by atoms with Crippen LogP contribution in [-0.2, 0) is 10.0 Å². The van der Waals surface area contributed by atoms with E-state index in [0.717, 1.165) is 21.2 Å². The lowest BCUT2D eigenvalue weighted by Gasteiger charge is -2.19. The third-order valence-electron chi connectivity index (χ3n) is 3.12. The third kappa shape index (κ3) is 2.93. The fourth-order valence-corrected chi connectivity index (χ4v) is 4.46. The highest BCUT2D eigenvalue weighted by Crippen LogP contribution is 2.30. The molecule has 21 heavy (non-hydrogen) atoms. The van der Waals surface area contributed by atoms with E-state index in [1.165, 1.54) is 13.1 Å². The Morgan fingerprint density at radius 1 is 1.19 bits per heavy atom. The van der Waals surface area contributed by atoms with Gasteiger partial charge in [-0.25, -0.2) is 13.2 Å². The number of benzene rings is 1. The van der Waals surface area contributed by atoms with E-state index in [1.54, 1.807) is 19.1 Å². The minimum absolute atomic E-state index is 0.0170. The van der Waals surface area contributed by atoms with E-state index in [2.05, 4.69) is 0 Å². The van der Waals surface area contributed by atoms with Crippen LogP contribution in [0.1, 0.15) is 20.1 Å². The number of carboxylic acid groups (broad SMARTS) is 1. The van der Waals surface area contributed by atoms with Gasteiger partial charge in [0, 0.05) is 11.9 Å². The first kappa shape index (κ1) is 15.5. The number of aryl methyl sites for hydroxylation is 2. The molecule has 2 rings (SSSR count). The zero-order valence-electron chi connectivity index (χ0n) is 11.8. The van der Waals surface area contributed by atoms with Crippen molar-refractivity contribution in [2.75, 3.05) is 11.4 Å². The van der Waals surface area contributed by atoms with Crippen molar-refractivity contribution in [3.05, 3.63) is 45.6 Å². The Morgan fingerprint density at radius 3 is 2.24 bits per heavy atom. The van der Waals surface area contributed by atoms with Gasteiger partial charge in [0.25, 0.3) is 10.0 Å². The lowest BCUT2D eigenvalue weighted by molar-refractivity contribution is 0.0702. The zero-order valence-corrected chi connectivity index (χ0v) is 13.5. The Balaban J connectivity index is 2.46. The van der Waals surface area contributed by atoms with E-state index in [-0.39, 0.29) is 9.77 Å². The van der Waals surface area contributed by atoms with Crippen LogP contribution < -0.4 is 4.31 Å². The molecule has 0 radical (unpaired) electrons. The number of sulfonamides is 1. The van der Waals surface area contributed by atoms with Gasteiger partial charge >= 0.3 is 5.97 Å². The molecule has 0 aliphatic rings. The van der Waals surface area contributed by atoms with Gasteiger partial charge in [-0.05, 0) is 32.0 Å². The van der Waals surface area contributed by atoms with Gasteiger partial charge in [-0.15, -0.1) is 11.3 Å². The standard InChI is InChI=1S/C14H15NO4S2/c1-9-4-6-11(7-5-9)15(3)21(18,19)13-8-12(14(16)17)20-10(13)2/h4-8H,1-3H3,(H,16,17). The number of thiophene rings is 1. The Hall–Kier alpha value is -1.86. The van der Waals surface area contributed by atoms with E-state index in [9.17, 15) is 13.2 Å². The lowest BCUT2D eigenvalue weighted by Crippen LogP contribution is -2.26. The molecule has 0 spiro atoms. The van der Waals surface area contributed by atoms with Crippen molar-refractivity contribution in [2.24, 2.45) is 0 Å². The Bertz CT molecular complexity index is 776. The average molecular weight is 325 g/mol. The maximum Gasteiger partial charge on any atom is 0.345 e. The summed E-state index contributed by atoms with van der Waals surface area (Å²) in [6, 6.07) is 8.29. The minimum atomic E-state index is -3.77. The van der Waals surface area contributed by atoms with Crippen LogP contribution in [0.5, 0.6) is 0 Å². The summed E-state index contributed by atoms with van der Waals surface area (Å²) in [7, 11) is -2.31. The van der Waals surface area contributed by atoms with Gasteiger partial charge in [-0.1, -0.05) is 17.7 Å². The van der Waals surface area contributed by atoms with Crippen molar-refractivity contribution in [1.82, 2.24) is 0 Å². The molecule has 0 amide bonds. The number of aromatic carboxylic acids is 1. The predicted octanol–water partition coefficient (Wildman–Crippen LogP) is 2.89. The summed E-state index contributed by atoms with van der Waals surface area (Å²) in [4.78, 5) is 11.5. The number of carboxylic acids is 1. The first-order valence-corrected chi connectivity index (χ1v) is 8.38. The lowest BCUT2D eigenvalue weighted by atomic mass is 10.2. The fraction of sp³-hybridized carbons (Fsp3) is 0.214. The Kier molecular flexibility index (Phi) is 4.06. The molecule has 0 aliphatic heterocycles. The second kappa shape index (κ2) is 5.50. The summed E-state index contributed by atoms with van der Waals surface area (Å²) in [5, 5.41) is 8.98. The van der Waals surface area contributed by atoms with E-state index >= 15 is 0 Å². The molecule has 5 nitrogen and oxygen atoms in total. The highest BCUT2D eigenvalue weighted by atomic mass is 32.2. The van der Waals surface area contributed by atoms with Crippen molar-refractivity contribution < 1.29 is 18.3 Å². The second-order valence-corrected chi connectivity index (χ2v) is 7.84. The van der Waals surface area contributed by atoms with Crippen LogP contribution in [-0.4, -0.2) is 26.5 Å². The minimum Gasteiger partial charge on any atom is -0.477 e. The smallest absolute Gasteiger partial charge is 0.345 e. The number of rotatable bonds is 4. The summed E-state index contributed by atoms with van der Waals surface area (Å²) in [6.45, 7) is 3.52. The van der Waals surface area contributed by atoms with E-state index < -0.39 is 16.0 Å². The van der Waals surface area contributed by atoms with Gasteiger partial charge in [0.1, 0.15) is 9.77 Å². The van der Waals surface area contributed by atoms with Crippen LogP contribution in [0.4, 0.5) is 5.69 Å². The van der Waals surface area contributed by atoms with Gasteiger partial charge in [0.05, 0.1) is 5.69 Å². The summed E-state index contributed by atoms with van der Waals surface area (Å²) in [5.41, 5.74) is 1.56. The molecule has 7 heteroatoms. The number of hydrogen-bond donors (Lipinski definition) is 1. The second-order valence-electron chi connectivity index (χ2n) is 4.64. The zero-order chi connectivity index (χ0) is 15.8. The van der Waals surface area contributed by atoms with Gasteiger partial charge in [0.15, 0.2) is 0 Å². The largest absolute Gasteiger partial charge is 0.477 e. The summed E-state index contributed by atoms with van der Waals surface area (Å²) < 4.78 is 26.4. The molecule has 1 heterocycles. The van der Waals surface area contributed by atoms with Crippen molar-refractivity contribution >= 4 is 33.0 Å². The van der Waals surface area contributed by atoms with E-state index in [1.807, 2.05) is 19.1 Å². The van der Waals surface area contributed by atoms with Crippen LogP contribution in [0.15, 0.2) is 35.2 Å². The number of nitrogens with zero attached hydrogens (tertiary/aromatic N) is 1. The van der Waals surface area contributed by atoms with Gasteiger partial charge < -0.3 is 5.11 Å². The van der Waals surface area contributed by atoms with Crippen LogP contribution in [0, 0.1) is 13.8 Å². The molecule has 0 saturated carbocycles. The molecule has 1 N–H and O–H groups in total. The number of carbonyl (C=O) groups is 1. The van der Waals surface area contributed by atoms with Crippen molar-refractivity contribution in [3.8, 4) is 0 Å². The molecule has 0 atom stereocenters. The number of anilines is 1. The molecule has 1 aromatic carbocycles. The van der Waals surface area contributed by atoms with Crippen LogP contribution in [0.2, 0.25) is 0 Å². The molecule has 0 fully saturated rings. The van der Waals surface area contributed by atoms with Gasteiger partial charge in [0.2, 0.25) is 0 Å². The molecule has 0 unspecified atom stereocenters. The molecular formula is C14H15NO4S2. The predicted molar refractivity (Wildman–Crippen MR) is 82.8 cm³/mol. The SMILES string of the molecule is Cc1ccc(N(C)S(=O)(=O)c2cc(C(=O)O)sc2C)cc1. The van der Waals surface area contributed by atoms with Crippen molar-refractivity contribution in [2.45, 2.75) is 18.7 Å². The highest BCUT2D eigenvalue weighted by molar-refractivity contribution is 7.93. The van der Waals surface area contributed by atoms with Crippen molar-refractivity contribution in [3.63, 3.8) is 0 Å². The van der Waals surface area contributed by atoms with Gasteiger partial charge in [-0.2, -0.15) is 0 Å². The third-order valence-corrected chi connectivity index (χ3v) is 6.20. The average Bonchev–Trinajstić information content (AvgIpc) is 2.82. The van der Waals surface area contributed by atoms with Crippen LogP contribution in [0.25, 0.3) is 0 Å². The fourth-order valence-electron chi connectivity index (χ4n) is 1.87. The van der Waals surface area contributed by atoms with Gasteiger partial charge in [-0.3, -0.25) is 4.31 Å². The maximum atomic E-state index is 12.6. The molecule has 1 aromatic heterocycles. The van der Waals surface area contributed by atoms with E-state index in [0.29, 0.717) is 10.6 Å². The number of hydrogen-bond acceptors (Lipinski definition) is 4. The topological polar surface area (TPSA) is 74.7 Å². The first-order valence-electron chi connectivity index (χ1n) is 6.13. The summed E-state index contributed by atoms with van der Waals surface area (Å²) >= 11 is 0.959. The molecule has 2 aromatic rings. The molecule has 0 aliphatic carbocycles. The maximum absolute atomic E-state index is 12.6. The Morgan fingerprint density at radius 2 is 1.76 bits per heavy atom. The monoisotopic (exact) mass is 325 g/mol. The normalized spacial score (nSPS) is 11.4. The van der Waals surface area contributed by atoms with Crippen LogP contribution >= 0.6 is 11.3 Å². The molecule has 112 valence electrons. The quantitative estimate of drug-likeness (QED) is 0.938. The molecular weight excluding hydrogens is 310 g/mol. The summed E-state index contributed by atoms with van der Waals surface area (Å²) in [6.07, 6.45) is 0. The Labute approximate surface area is 127 Å². The van der Waals surface area contributed by atoms with Crippen molar-refractivity contribution in [1.29, 1.82) is 0 Å². The molecule has 0 saturated heterocycles. The first-order chi connectivity index (χ1) is 9.73.